The third kappa shape index (κ3) is 46.2. The van der Waals surface area contributed by atoms with Gasteiger partial charge >= 0.3 is 5.97 Å². The van der Waals surface area contributed by atoms with E-state index in [9.17, 15) is 19.8 Å². The van der Waals surface area contributed by atoms with Gasteiger partial charge in [-0.25, -0.2) is 0 Å². The molecule has 63 heavy (non-hydrogen) atoms. The molecule has 1 amide bonds. The van der Waals surface area contributed by atoms with Crippen LogP contribution in [-0.4, -0.2) is 46.9 Å². The number of nitrogens with one attached hydrogen (secondary N) is 1. The summed E-state index contributed by atoms with van der Waals surface area (Å²) in [6, 6.07) is -0.717. The van der Waals surface area contributed by atoms with Gasteiger partial charge in [0, 0.05) is 6.42 Å². The monoisotopic (exact) mass is 884 g/mol. The predicted octanol–water partition coefficient (Wildman–Crippen LogP) is 16.6. The molecule has 3 unspecified atom stereocenters. The molecule has 3 atom stereocenters. The van der Waals surface area contributed by atoms with Crippen molar-refractivity contribution in [2.75, 3.05) is 6.61 Å². The molecule has 0 aliphatic carbocycles. The normalized spacial score (nSPS) is 13.5. The zero-order valence-corrected chi connectivity index (χ0v) is 42.0. The molecule has 6 heteroatoms. The molecular weight excluding hydrogens is 779 g/mol. The van der Waals surface area contributed by atoms with Gasteiger partial charge in [0.15, 0.2) is 0 Å². The fourth-order valence-corrected chi connectivity index (χ4v) is 8.22. The van der Waals surface area contributed by atoms with Gasteiger partial charge in [0.05, 0.1) is 25.2 Å². The highest BCUT2D eigenvalue weighted by Crippen LogP contribution is 2.18. The smallest absolute Gasteiger partial charge is 0.306 e. The first-order valence-corrected chi connectivity index (χ1v) is 27.4. The molecule has 0 bridgehead atoms. The molecule has 0 spiro atoms. The number of carbonyl (C=O) groups excluding carboxylic acids is 2. The van der Waals surface area contributed by atoms with Gasteiger partial charge in [0.1, 0.15) is 6.10 Å². The van der Waals surface area contributed by atoms with Crippen molar-refractivity contribution in [1.82, 2.24) is 5.32 Å². The molecule has 0 aromatic heterocycles. The van der Waals surface area contributed by atoms with E-state index in [0.29, 0.717) is 19.3 Å². The zero-order valence-electron chi connectivity index (χ0n) is 42.0. The molecule has 0 heterocycles. The van der Waals surface area contributed by atoms with E-state index in [2.05, 4.69) is 68.6 Å². The van der Waals surface area contributed by atoms with E-state index in [1.165, 1.54) is 154 Å². The summed E-state index contributed by atoms with van der Waals surface area (Å²) < 4.78 is 5.90. The van der Waals surface area contributed by atoms with Gasteiger partial charge in [-0.3, -0.25) is 9.59 Å². The maximum atomic E-state index is 13.2. The third-order valence-electron chi connectivity index (χ3n) is 12.4. The average molecular weight is 884 g/mol. The second-order valence-electron chi connectivity index (χ2n) is 18.6. The van der Waals surface area contributed by atoms with E-state index < -0.39 is 18.2 Å². The van der Waals surface area contributed by atoms with Crippen LogP contribution in [0.4, 0.5) is 0 Å². The lowest BCUT2D eigenvalue weighted by molar-refractivity contribution is -0.150. The first-order chi connectivity index (χ1) is 31.0. The molecule has 0 aromatic rings. The van der Waals surface area contributed by atoms with E-state index in [1.54, 1.807) is 0 Å². The van der Waals surface area contributed by atoms with Gasteiger partial charge in [-0.1, -0.05) is 236 Å². The summed E-state index contributed by atoms with van der Waals surface area (Å²) in [4.78, 5) is 26.1. The van der Waals surface area contributed by atoms with E-state index in [1.807, 2.05) is 6.08 Å². The van der Waals surface area contributed by atoms with E-state index >= 15 is 0 Å². The number of allylic oxidation sites excluding steroid dienone is 8. The third-order valence-corrected chi connectivity index (χ3v) is 12.4. The molecule has 0 fully saturated rings. The topological polar surface area (TPSA) is 95.9 Å². The van der Waals surface area contributed by atoms with Crippen LogP contribution in [0.1, 0.15) is 278 Å². The molecular formula is C57H105NO5. The lowest BCUT2D eigenvalue weighted by Gasteiger charge is -2.24. The molecule has 0 aliphatic rings. The Bertz CT molecular complexity index is 1080. The van der Waals surface area contributed by atoms with Crippen molar-refractivity contribution < 1.29 is 24.5 Å². The number of esters is 1. The Morgan fingerprint density at radius 2 is 0.810 bits per heavy atom. The van der Waals surface area contributed by atoms with E-state index in [0.717, 1.165) is 70.6 Å². The molecule has 368 valence electrons. The van der Waals surface area contributed by atoms with Crippen molar-refractivity contribution in [3.05, 3.63) is 48.6 Å². The van der Waals surface area contributed by atoms with Crippen LogP contribution in [0.2, 0.25) is 0 Å². The van der Waals surface area contributed by atoms with Crippen molar-refractivity contribution >= 4 is 11.9 Å². The first kappa shape index (κ1) is 60.8. The maximum Gasteiger partial charge on any atom is 0.306 e. The largest absolute Gasteiger partial charge is 0.462 e. The highest BCUT2D eigenvalue weighted by molar-refractivity contribution is 5.77. The molecule has 0 radical (unpaired) electrons. The number of ether oxygens (including phenoxy) is 1. The number of carbonyl (C=O) groups is 2. The lowest BCUT2D eigenvalue weighted by atomic mass is 10.0. The SMILES string of the molecule is CCCCC/C=C\C/C=C\CCCCCCCC(CC(=O)NC(CO)C(O)CCCCCCCCCCCCCCCCCC)OC(=O)CC/C=C/C/C=C\CCCCCCCC. The Morgan fingerprint density at radius 1 is 0.460 bits per heavy atom. The molecule has 0 aromatic carbocycles. The summed E-state index contributed by atoms with van der Waals surface area (Å²) >= 11 is 0. The molecule has 0 saturated carbocycles. The number of aliphatic hydroxyl groups is 2. The van der Waals surface area contributed by atoms with Crippen molar-refractivity contribution in [3.8, 4) is 0 Å². The Kier molecular flexibility index (Phi) is 49.1. The summed E-state index contributed by atoms with van der Waals surface area (Å²) in [6.07, 6.45) is 61.8. The Morgan fingerprint density at radius 3 is 1.24 bits per heavy atom. The minimum absolute atomic E-state index is 0.0467. The van der Waals surface area contributed by atoms with Crippen LogP contribution < -0.4 is 5.32 Å². The Balaban J connectivity index is 4.61. The van der Waals surface area contributed by atoms with Gasteiger partial charge < -0.3 is 20.3 Å². The number of rotatable bonds is 49. The van der Waals surface area contributed by atoms with Gasteiger partial charge in [-0.05, 0) is 77.0 Å². The fraction of sp³-hybridized carbons (Fsp3) is 0.825. The number of unbranched alkanes of at least 4 members (excludes halogenated alkanes) is 29. The molecule has 6 nitrogen and oxygen atoms in total. The molecule has 0 rings (SSSR count). The van der Waals surface area contributed by atoms with Crippen LogP contribution in [-0.2, 0) is 14.3 Å². The maximum absolute atomic E-state index is 13.2. The van der Waals surface area contributed by atoms with Crippen LogP contribution in [0.3, 0.4) is 0 Å². The molecule has 3 N–H and O–H groups in total. The summed E-state index contributed by atoms with van der Waals surface area (Å²) in [5.74, 6) is -0.561. The highest BCUT2D eigenvalue weighted by Gasteiger charge is 2.24. The fourth-order valence-electron chi connectivity index (χ4n) is 8.22. The van der Waals surface area contributed by atoms with Gasteiger partial charge in [0.25, 0.3) is 0 Å². The Labute approximate surface area is 391 Å². The zero-order chi connectivity index (χ0) is 45.9. The Hall–Kier alpha value is -2.18. The standard InChI is InChI=1S/C57H105NO5/c1-4-7-10-13-16-19-22-25-27-29-32-34-37-40-43-46-49-55(60)54(52-59)58-56(61)51-53(48-45-42-39-36-33-31-28-26-23-20-17-14-11-8-5-2)63-57(62)50-47-44-41-38-35-30-24-21-18-15-12-9-6-3/h17,20,26,28,30,35,41,44,53-55,59-60H,4-16,18-19,21-25,27,29,31-34,36-40,42-43,45-52H2,1-3H3,(H,58,61)/b20-17-,28-26-,35-30-,44-41+. The highest BCUT2D eigenvalue weighted by atomic mass is 16.5. The lowest BCUT2D eigenvalue weighted by Crippen LogP contribution is -2.46. The number of hydrogen-bond donors (Lipinski definition) is 3. The molecule has 0 aliphatic heterocycles. The van der Waals surface area contributed by atoms with Gasteiger partial charge in [-0.15, -0.1) is 0 Å². The number of amides is 1. The first-order valence-electron chi connectivity index (χ1n) is 27.4. The van der Waals surface area contributed by atoms with Crippen LogP contribution in [0, 0.1) is 0 Å². The summed E-state index contributed by atoms with van der Waals surface area (Å²) in [5.41, 5.74) is 0. The van der Waals surface area contributed by atoms with Crippen LogP contribution >= 0.6 is 0 Å². The van der Waals surface area contributed by atoms with Crippen molar-refractivity contribution in [2.45, 2.75) is 296 Å². The second kappa shape index (κ2) is 50.8. The summed E-state index contributed by atoms with van der Waals surface area (Å²) in [7, 11) is 0. The van der Waals surface area contributed by atoms with E-state index in [-0.39, 0.29) is 31.3 Å². The van der Waals surface area contributed by atoms with Gasteiger partial charge in [-0.2, -0.15) is 0 Å². The summed E-state index contributed by atoms with van der Waals surface area (Å²) in [6.45, 7) is 6.45. The number of aliphatic hydroxyl groups excluding tert-OH is 2. The van der Waals surface area contributed by atoms with Crippen LogP contribution in [0.25, 0.3) is 0 Å². The van der Waals surface area contributed by atoms with Gasteiger partial charge in [0.2, 0.25) is 5.91 Å². The minimum atomic E-state index is -0.800. The average Bonchev–Trinajstić information content (AvgIpc) is 3.28. The molecule has 0 saturated heterocycles. The quantitative estimate of drug-likeness (QED) is 0.0321. The predicted molar refractivity (Wildman–Crippen MR) is 273 cm³/mol. The minimum Gasteiger partial charge on any atom is -0.462 e. The summed E-state index contributed by atoms with van der Waals surface area (Å²) in [5, 5.41) is 23.8. The van der Waals surface area contributed by atoms with E-state index in [4.69, 9.17) is 4.74 Å². The van der Waals surface area contributed by atoms with Crippen LogP contribution in [0.15, 0.2) is 48.6 Å². The van der Waals surface area contributed by atoms with Crippen molar-refractivity contribution in [3.63, 3.8) is 0 Å². The van der Waals surface area contributed by atoms with Crippen LogP contribution in [0.5, 0.6) is 0 Å². The second-order valence-corrected chi connectivity index (χ2v) is 18.6. The number of hydrogen-bond acceptors (Lipinski definition) is 5. The van der Waals surface area contributed by atoms with Crippen molar-refractivity contribution in [2.24, 2.45) is 0 Å². The van der Waals surface area contributed by atoms with Crippen molar-refractivity contribution in [1.29, 1.82) is 0 Å².